The summed E-state index contributed by atoms with van der Waals surface area (Å²) >= 11 is 0. The number of sulfonamides is 1. The summed E-state index contributed by atoms with van der Waals surface area (Å²) in [7, 11) is -2.03. The number of benzene rings is 2. The Morgan fingerprint density at radius 3 is 2.27 bits per heavy atom. The van der Waals surface area contributed by atoms with E-state index in [1.807, 2.05) is 31.2 Å². The van der Waals surface area contributed by atoms with Crippen LogP contribution < -0.4 is 14.2 Å². The lowest BCUT2D eigenvalue weighted by Gasteiger charge is -2.13. The van der Waals surface area contributed by atoms with Gasteiger partial charge in [-0.3, -0.25) is 0 Å². The molecule has 5 nitrogen and oxygen atoms in total. The minimum atomic E-state index is -3.60. The summed E-state index contributed by atoms with van der Waals surface area (Å²) in [5.41, 5.74) is 2.66. The van der Waals surface area contributed by atoms with Crippen LogP contribution in [0.2, 0.25) is 0 Å². The van der Waals surface area contributed by atoms with Crippen molar-refractivity contribution in [3.8, 4) is 11.5 Å². The number of nitrogens with one attached hydrogen (secondary N) is 1. The molecule has 26 heavy (non-hydrogen) atoms. The highest BCUT2D eigenvalue weighted by atomic mass is 32.2. The Hall–Kier alpha value is -2.05. The molecule has 0 saturated heterocycles. The van der Waals surface area contributed by atoms with Gasteiger partial charge in [0, 0.05) is 6.54 Å². The van der Waals surface area contributed by atoms with Gasteiger partial charge in [0.2, 0.25) is 10.0 Å². The predicted molar refractivity (Wildman–Crippen MR) is 104 cm³/mol. The summed E-state index contributed by atoms with van der Waals surface area (Å²) in [6.07, 6.45) is 0. The number of ether oxygens (including phenoxy) is 2. The molecule has 0 saturated carbocycles. The van der Waals surface area contributed by atoms with Gasteiger partial charge in [-0.25, -0.2) is 13.1 Å². The number of aryl methyl sites for hydroxylation is 2. The van der Waals surface area contributed by atoms with E-state index in [1.54, 1.807) is 26.2 Å². The summed E-state index contributed by atoms with van der Waals surface area (Å²) < 4.78 is 38.5. The fraction of sp³-hybridized carbons (Fsp3) is 0.400. The van der Waals surface area contributed by atoms with Gasteiger partial charge in [-0.2, -0.15) is 0 Å². The van der Waals surface area contributed by atoms with E-state index in [9.17, 15) is 8.42 Å². The van der Waals surface area contributed by atoms with Gasteiger partial charge in [-0.1, -0.05) is 26.0 Å². The average molecular weight is 378 g/mol. The zero-order chi connectivity index (χ0) is 19.3. The lowest BCUT2D eigenvalue weighted by molar-refractivity contribution is 0.322. The summed E-state index contributed by atoms with van der Waals surface area (Å²) in [6.45, 7) is 8.29. The molecule has 0 aliphatic rings. The van der Waals surface area contributed by atoms with Crippen LogP contribution in [-0.2, 0) is 10.0 Å². The van der Waals surface area contributed by atoms with Gasteiger partial charge in [-0.15, -0.1) is 0 Å². The quantitative estimate of drug-likeness (QED) is 0.711. The molecule has 0 atom stereocenters. The number of hydrogen-bond donors (Lipinski definition) is 1. The van der Waals surface area contributed by atoms with Crippen molar-refractivity contribution in [3.63, 3.8) is 0 Å². The van der Waals surface area contributed by atoms with Gasteiger partial charge in [0.15, 0.2) is 0 Å². The zero-order valence-electron chi connectivity index (χ0n) is 16.0. The molecule has 142 valence electrons. The van der Waals surface area contributed by atoms with Crippen molar-refractivity contribution in [1.82, 2.24) is 4.72 Å². The topological polar surface area (TPSA) is 64.6 Å². The molecule has 1 N–H and O–H groups in total. The van der Waals surface area contributed by atoms with Crippen molar-refractivity contribution in [1.29, 1.82) is 0 Å². The Kier molecular flexibility index (Phi) is 6.67. The molecule has 6 heteroatoms. The van der Waals surface area contributed by atoms with Crippen LogP contribution >= 0.6 is 0 Å². The van der Waals surface area contributed by atoms with E-state index < -0.39 is 10.0 Å². The smallest absolute Gasteiger partial charge is 0.240 e. The van der Waals surface area contributed by atoms with Gasteiger partial charge in [-0.05, 0) is 60.7 Å². The first kappa shape index (κ1) is 20.3. The molecule has 0 fully saturated rings. The van der Waals surface area contributed by atoms with Crippen molar-refractivity contribution < 1.29 is 17.9 Å². The lowest BCUT2D eigenvalue weighted by Crippen LogP contribution is -2.29. The monoisotopic (exact) mass is 377 g/mol. The van der Waals surface area contributed by atoms with Gasteiger partial charge in [0.25, 0.3) is 0 Å². The molecule has 0 aliphatic heterocycles. The van der Waals surface area contributed by atoms with Crippen LogP contribution in [0.1, 0.15) is 36.5 Å². The normalized spacial score (nSPS) is 11.6. The van der Waals surface area contributed by atoms with Crippen LogP contribution in [0.3, 0.4) is 0 Å². The first-order valence-electron chi connectivity index (χ1n) is 8.62. The largest absolute Gasteiger partial charge is 0.496 e. The van der Waals surface area contributed by atoms with Crippen LogP contribution in [0.25, 0.3) is 0 Å². The minimum absolute atomic E-state index is 0.193. The van der Waals surface area contributed by atoms with E-state index in [1.165, 1.54) is 5.56 Å². The highest BCUT2D eigenvalue weighted by molar-refractivity contribution is 7.89. The molecule has 0 unspecified atom stereocenters. The third-order valence-electron chi connectivity index (χ3n) is 4.19. The van der Waals surface area contributed by atoms with Crippen molar-refractivity contribution in [2.75, 3.05) is 20.3 Å². The molecule has 2 aromatic carbocycles. The Bertz CT molecular complexity index is 843. The Morgan fingerprint density at radius 2 is 1.69 bits per heavy atom. The molecular weight excluding hydrogens is 350 g/mol. The molecule has 0 radical (unpaired) electrons. The van der Waals surface area contributed by atoms with Gasteiger partial charge in [0.05, 0.1) is 12.0 Å². The SMILES string of the molecule is COc1cc(C)c(S(=O)(=O)NCCOc2ccc(C(C)C)cc2)cc1C. The predicted octanol–water partition coefficient (Wildman–Crippen LogP) is 3.79. The molecule has 2 aromatic rings. The van der Waals surface area contributed by atoms with Gasteiger partial charge in [0.1, 0.15) is 18.1 Å². The van der Waals surface area contributed by atoms with Crippen LogP contribution in [0.4, 0.5) is 0 Å². The fourth-order valence-corrected chi connectivity index (χ4v) is 3.97. The summed E-state index contributed by atoms with van der Waals surface area (Å²) in [4.78, 5) is 0.261. The summed E-state index contributed by atoms with van der Waals surface area (Å²) in [6, 6.07) is 11.2. The van der Waals surface area contributed by atoms with Crippen LogP contribution in [0.15, 0.2) is 41.3 Å². The molecule has 0 spiro atoms. The average Bonchev–Trinajstić information content (AvgIpc) is 2.60. The molecule has 0 heterocycles. The van der Waals surface area contributed by atoms with Crippen LogP contribution in [-0.4, -0.2) is 28.7 Å². The number of hydrogen-bond acceptors (Lipinski definition) is 4. The third-order valence-corrected chi connectivity index (χ3v) is 5.79. The van der Waals surface area contributed by atoms with E-state index in [0.717, 1.165) is 11.3 Å². The van der Waals surface area contributed by atoms with Crippen molar-refractivity contribution in [3.05, 3.63) is 53.1 Å². The maximum Gasteiger partial charge on any atom is 0.240 e. The van der Waals surface area contributed by atoms with Crippen molar-refractivity contribution >= 4 is 10.0 Å². The molecule has 0 amide bonds. The van der Waals surface area contributed by atoms with Gasteiger partial charge >= 0.3 is 0 Å². The van der Waals surface area contributed by atoms with Crippen molar-refractivity contribution in [2.24, 2.45) is 0 Å². The van der Waals surface area contributed by atoms with E-state index in [4.69, 9.17) is 9.47 Å². The van der Waals surface area contributed by atoms with E-state index in [2.05, 4.69) is 18.6 Å². The third kappa shape index (κ3) is 4.99. The standard InChI is InChI=1S/C20H27NO4S/c1-14(2)17-6-8-18(9-7-17)25-11-10-21-26(22,23)20-13-15(3)19(24-5)12-16(20)4/h6-9,12-14,21H,10-11H2,1-5H3. The van der Waals surface area contributed by atoms with E-state index >= 15 is 0 Å². The van der Waals surface area contributed by atoms with Crippen molar-refractivity contribution in [2.45, 2.75) is 38.5 Å². The Labute approximate surface area is 156 Å². The second-order valence-electron chi connectivity index (χ2n) is 6.56. The first-order valence-corrected chi connectivity index (χ1v) is 10.1. The minimum Gasteiger partial charge on any atom is -0.496 e. The highest BCUT2D eigenvalue weighted by Gasteiger charge is 2.18. The number of rotatable bonds is 8. The maximum atomic E-state index is 12.5. The molecule has 0 bridgehead atoms. The summed E-state index contributed by atoms with van der Waals surface area (Å²) in [5.74, 6) is 1.87. The second kappa shape index (κ2) is 8.56. The van der Waals surface area contributed by atoms with Gasteiger partial charge < -0.3 is 9.47 Å². The summed E-state index contributed by atoms with van der Waals surface area (Å²) in [5, 5.41) is 0. The maximum absolute atomic E-state index is 12.5. The Morgan fingerprint density at radius 1 is 1.04 bits per heavy atom. The molecule has 0 aliphatic carbocycles. The Balaban J connectivity index is 1.95. The fourth-order valence-electron chi connectivity index (χ4n) is 2.64. The van der Waals surface area contributed by atoms with Crippen LogP contribution in [0.5, 0.6) is 11.5 Å². The van der Waals surface area contributed by atoms with E-state index in [-0.39, 0.29) is 18.0 Å². The molecule has 2 rings (SSSR count). The lowest BCUT2D eigenvalue weighted by atomic mass is 10.0. The van der Waals surface area contributed by atoms with E-state index in [0.29, 0.717) is 17.2 Å². The molecule has 0 aromatic heterocycles. The second-order valence-corrected chi connectivity index (χ2v) is 8.29. The van der Waals surface area contributed by atoms with Crippen LogP contribution in [0, 0.1) is 13.8 Å². The first-order chi connectivity index (χ1) is 12.2. The molecular formula is C20H27NO4S. The number of methoxy groups -OCH3 is 1. The zero-order valence-corrected chi connectivity index (χ0v) is 16.8. The highest BCUT2D eigenvalue weighted by Crippen LogP contribution is 2.25.